The highest BCUT2D eigenvalue weighted by molar-refractivity contribution is 6.30. The van der Waals surface area contributed by atoms with Gasteiger partial charge in [-0.1, -0.05) is 11.6 Å². The maximum absolute atomic E-state index is 12.3. The largest absolute Gasteiger partial charge is 0.490 e. The molecular weight excluding hydrogens is 338 g/mol. The van der Waals surface area contributed by atoms with Gasteiger partial charge in [0, 0.05) is 17.6 Å². The Labute approximate surface area is 153 Å². The lowest BCUT2D eigenvalue weighted by Gasteiger charge is -2.30. The number of nitrogens with one attached hydrogen (secondary N) is 1. The van der Waals surface area contributed by atoms with Crippen molar-refractivity contribution in [3.8, 4) is 11.8 Å². The molecule has 2 fully saturated rings. The second-order valence-electron chi connectivity index (χ2n) is 6.80. The normalized spacial score (nSPS) is 26.2. The average molecular weight is 362 g/mol. The molecule has 1 aliphatic heterocycles. The first-order valence-corrected chi connectivity index (χ1v) is 9.38. The van der Waals surface area contributed by atoms with Crippen LogP contribution >= 0.6 is 11.6 Å². The fourth-order valence-electron chi connectivity index (χ4n) is 3.62. The van der Waals surface area contributed by atoms with E-state index in [0.29, 0.717) is 24.2 Å². The second-order valence-corrected chi connectivity index (χ2v) is 7.24. The molecule has 1 aliphatic carbocycles. The molecule has 1 atom stereocenters. The Morgan fingerprint density at radius 1 is 1.24 bits per heavy atom. The van der Waals surface area contributed by atoms with Gasteiger partial charge in [0.05, 0.1) is 18.7 Å². The Hall–Kier alpha value is -1.77. The van der Waals surface area contributed by atoms with E-state index in [-0.39, 0.29) is 18.1 Å². The maximum Gasteiger partial charge on any atom is 0.237 e. The number of halogens is 1. The van der Waals surface area contributed by atoms with Gasteiger partial charge in [0.15, 0.2) is 0 Å². The zero-order valence-electron chi connectivity index (χ0n) is 14.3. The first kappa shape index (κ1) is 18.0. The average Bonchev–Trinajstić information content (AvgIpc) is 3.12. The summed E-state index contributed by atoms with van der Waals surface area (Å²) in [5.41, 5.74) is 0. The van der Waals surface area contributed by atoms with Crippen molar-refractivity contribution in [1.82, 2.24) is 10.2 Å². The number of rotatable bonds is 5. The van der Waals surface area contributed by atoms with Crippen LogP contribution in [0.25, 0.3) is 0 Å². The highest BCUT2D eigenvalue weighted by Gasteiger charge is 2.29. The molecule has 1 aromatic carbocycles. The van der Waals surface area contributed by atoms with Crippen LogP contribution in [0.2, 0.25) is 5.02 Å². The van der Waals surface area contributed by atoms with Crippen LogP contribution in [0.3, 0.4) is 0 Å². The Kier molecular flexibility index (Phi) is 6.17. The summed E-state index contributed by atoms with van der Waals surface area (Å²) in [4.78, 5) is 14.0. The number of nitriles is 1. The Balaban J connectivity index is 1.38. The number of nitrogens with zero attached hydrogens (tertiary/aromatic N) is 2. The lowest BCUT2D eigenvalue weighted by Crippen LogP contribution is -2.44. The van der Waals surface area contributed by atoms with E-state index in [9.17, 15) is 4.79 Å². The topological polar surface area (TPSA) is 65.4 Å². The zero-order valence-corrected chi connectivity index (χ0v) is 15.0. The molecule has 1 N–H and O–H groups in total. The van der Waals surface area contributed by atoms with Crippen molar-refractivity contribution in [2.45, 2.75) is 56.7 Å². The second kappa shape index (κ2) is 8.55. The summed E-state index contributed by atoms with van der Waals surface area (Å²) in [6.07, 6.45) is 5.88. The quantitative estimate of drug-likeness (QED) is 0.875. The predicted molar refractivity (Wildman–Crippen MR) is 96.5 cm³/mol. The van der Waals surface area contributed by atoms with Gasteiger partial charge in [0.1, 0.15) is 11.8 Å². The third-order valence-electron chi connectivity index (χ3n) is 5.05. The molecule has 0 bridgehead atoms. The van der Waals surface area contributed by atoms with E-state index in [1.165, 1.54) is 0 Å². The van der Waals surface area contributed by atoms with Crippen LogP contribution in [0.1, 0.15) is 38.5 Å². The fourth-order valence-corrected chi connectivity index (χ4v) is 3.75. The van der Waals surface area contributed by atoms with E-state index in [0.717, 1.165) is 44.3 Å². The molecule has 0 unspecified atom stereocenters. The van der Waals surface area contributed by atoms with Gasteiger partial charge in [-0.15, -0.1) is 0 Å². The molecule has 0 aromatic heterocycles. The number of carbonyl (C=O) groups excluding carboxylic acids is 1. The summed E-state index contributed by atoms with van der Waals surface area (Å²) in [5, 5.41) is 13.2. The van der Waals surface area contributed by atoms with Gasteiger partial charge in [-0.25, -0.2) is 0 Å². The minimum Gasteiger partial charge on any atom is -0.490 e. The van der Waals surface area contributed by atoms with Crippen LogP contribution in [-0.4, -0.2) is 42.1 Å². The number of hydrogen-bond acceptors (Lipinski definition) is 4. The minimum absolute atomic E-state index is 0.0450. The maximum atomic E-state index is 12.3. The minimum atomic E-state index is -0.238. The molecule has 0 spiro atoms. The van der Waals surface area contributed by atoms with Crippen LogP contribution < -0.4 is 10.1 Å². The van der Waals surface area contributed by atoms with E-state index in [1.807, 2.05) is 24.3 Å². The number of hydrogen-bond donors (Lipinski definition) is 1. The van der Waals surface area contributed by atoms with Crippen LogP contribution in [-0.2, 0) is 4.79 Å². The molecule has 1 heterocycles. The molecule has 1 amide bonds. The van der Waals surface area contributed by atoms with Crippen LogP contribution in [0.5, 0.6) is 5.75 Å². The Morgan fingerprint density at radius 3 is 2.64 bits per heavy atom. The van der Waals surface area contributed by atoms with Crippen molar-refractivity contribution in [3.05, 3.63) is 29.3 Å². The first-order chi connectivity index (χ1) is 12.2. The zero-order chi connectivity index (χ0) is 17.6. The van der Waals surface area contributed by atoms with Crippen molar-refractivity contribution >= 4 is 17.5 Å². The molecule has 25 heavy (non-hydrogen) atoms. The third-order valence-corrected chi connectivity index (χ3v) is 5.31. The monoisotopic (exact) mass is 361 g/mol. The lowest BCUT2D eigenvalue weighted by molar-refractivity contribution is -0.130. The Bertz CT molecular complexity index is 621. The van der Waals surface area contributed by atoms with Gasteiger partial charge in [0.2, 0.25) is 5.91 Å². The van der Waals surface area contributed by atoms with Crippen LogP contribution in [0.4, 0.5) is 0 Å². The summed E-state index contributed by atoms with van der Waals surface area (Å²) in [6, 6.07) is 9.79. The molecule has 5 nitrogen and oxygen atoms in total. The highest BCUT2D eigenvalue weighted by atomic mass is 35.5. The van der Waals surface area contributed by atoms with E-state index in [4.69, 9.17) is 21.6 Å². The molecule has 6 heteroatoms. The predicted octanol–water partition coefficient (Wildman–Crippen LogP) is 3.13. The van der Waals surface area contributed by atoms with Crippen molar-refractivity contribution in [2.24, 2.45) is 0 Å². The van der Waals surface area contributed by atoms with Crippen molar-refractivity contribution in [3.63, 3.8) is 0 Å². The van der Waals surface area contributed by atoms with Gasteiger partial charge in [-0.3, -0.25) is 4.79 Å². The number of likely N-dealkylation sites (tertiary alicyclic amines) is 1. The summed E-state index contributed by atoms with van der Waals surface area (Å²) >= 11 is 5.89. The van der Waals surface area contributed by atoms with Gasteiger partial charge >= 0.3 is 0 Å². The summed E-state index contributed by atoms with van der Waals surface area (Å²) in [5.74, 6) is 0.899. The van der Waals surface area contributed by atoms with Crippen LogP contribution in [0.15, 0.2) is 24.3 Å². The first-order valence-electron chi connectivity index (χ1n) is 9.00. The number of ether oxygens (including phenoxy) is 1. The molecule has 1 aromatic rings. The molecule has 2 aliphatic rings. The van der Waals surface area contributed by atoms with E-state index in [1.54, 1.807) is 4.90 Å². The standard InChI is InChI=1S/C19H24ClN3O2/c20-14-3-7-17(8-4-14)25-18-9-5-15(6-10-18)22-13-19(24)23-11-1-2-16(23)12-21/h3-4,7-8,15-16,18,22H,1-2,5-6,9-11,13H2/t15?,16-,18?/m0/s1. The van der Waals surface area contributed by atoms with Crippen molar-refractivity contribution in [1.29, 1.82) is 5.26 Å². The summed E-state index contributed by atoms with van der Waals surface area (Å²) in [7, 11) is 0. The van der Waals surface area contributed by atoms with E-state index >= 15 is 0 Å². The van der Waals surface area contributed by atoms with Gasteiger partial charge in [-0.2, -0.15) is 5.26 Å². The summed E-state index contributed by atoms with van der Waals surface area (Å²) in [6.45, 7) is 1.03. The van der Waals surface area contributed by atoms with Crippen molar-refractivity contribution < 1.29 is 9.53 Å². The number of carbonyl (C=O) groups is 1. The van der Waals surface area contributed by atoms with E-state index in [2.05, 4.69) is 11.4 Å². The molecule has 0 radical (unpaired) electrons. The van der Waals surface area contributed by atoms with Gasteiger partial charge in [0.25, 0.3) is 0 Å². The smallest absolute Gasteiger partial charge is 0.237 e. The van der Waals surface area contributed by atoms with Crippen molar-refractivity contribution in [2.75, 3.05) is 13.1 Å². The third kappa shape index (κ3) is 4.87. The Morgan fingerprint density at radius 2 is 1.96 bits per heavy atom. The SMILES string of the molecule is N#C[C@@H]1CCCN1C(=O)CNC1CCC(Oc2ccc(Cl)cc2)CC1. The number of amides is 1. The number of benzene rings is 1. The fraction of sp³-hybridized carbons (Fsp3) is 0.579. The molecule has 1 saturated heterocycles. The molecular formula is C19H24ClN3O2. The summed E-state index contributed by atoms with van der Waals surface area (Å²) < 4.78 is 6.00. The lowest BCUT2D eigenvalue weighted by atomic mass is 9.93. The van der Waals surface area contributed by atoms with E-state index < -0.39 is 0 Å². The van der Waals surface area contributed by atoms with Crippen LogP contribution in [0, 0.1) is 11.3 Å². The highest BCUT2D eigenvalue weighted by Crippen LogP contribution is 2.25. The molecule has 3 rings (SSSR count). The van der Waals surface area contributed by atoms with Gasteiger partial charge < -0.3 is 15.0 Å². The molecule has 134 valence electrons. The van der Waals surface area contributed by atoms with Gasteiger partial charge in [-0.05, 0) is 62.8 Å². The molecule has 1 saturated carbocycles.